The molecule has 1 N–H and O–H groups in total. The van der Waals surface area contributed by atoms with Gasteiger partial charge in [-0.25, -0.2) is 13.2 Å². The molecule has 1 aromatic carbocycles. The van der Waals surface area contributed by atoms with Crippen LogP contribution in [0.4, 0.5) is 13.2 Å². The van der Waals surface area contributed by atoms with Crippen molar-refractivity contribution in [3.8, 4) is 0 Å². The maximum atomic E-state index is 15.2. The van der Waals surface area contributed by atoms with E-state index in [1.165, 1.54) is 6.07 Å². The number of benzene rings is 1. The van der Waals surface area contributed by atoms with Crippen LogP contribution in [0.25, 0.3) is 0 Å². The monoisotopic (exact) mass is 407 g/mol. The molecule has 0 spiro atoms. The van der Waals surface area contributed by atoms with Crippen LogP contribution in [0, 0.1) is 17.0 Å². The molecule has 1 aliphatic rings. The lowest BCUT2D eigenvalue weighted by molar-refractivity contribution is -0.125. The largest absolute Gasteiger partial charge is 0.385 e. The number of Topliss-reactive ketones (excluding diaryl/α,β-unsaturated/α-hetero) is 1. The fourth-order valence-corrected chi connectivity index (χ4v) is 3.71. The smallest absolute Gasteiger partial charge is 0.168 e. The third-order valence-electron chi connectivity index (χ3n) is 5.58. The van der Waals surface area contributed by atoms with E-state index in [0.717, 1.165) is 37.1 Å². The average molecular weight is 408 g/mol. The quantitative estimate of drug-likeness (QED) is 0.407. The Morgan fingerprint density at radius 1 is 1.24 bits per heavy atom. The highest BCUT2D eigenvalue weighted by molar-refractivity contribution is 5.85. The van der Waals surface area contributed by atoms with Crippen LogP contribution < -0.4 is 5.32 Å². The third kappa shape index (κ3) is 6.48. The highest BCUT2D eigenvalue weighted by atomic mass is 19.2. The number of hydrogen-bond donors (Lipinski definition) is 1. The molecule has 160 valence electrons. The molecule has 0 saturated heterocycles. The topological polar surface area (TPSA) is 29.1 Å². The molecule has 5 heteroatoms. The molecule has 0 radical (unpaired) electrons. The summed E-state index contributed by atoms with van der Waals surface area (Å²) in [5, 5.41) is 3.38. The summed E-state index contributed by atoms with van der Waals surface area (Å²) >= 11 is 0. The Morgan fingerprint density at radius 3 is 2.52 bits per heavy atom. The van der Waals surface area contributed by atoms with Gasteiger partial charge in [0.1, 0.15) is 0 Å². The molecular formula is C24H32F3NO. The summed E-state index contributed by atoms with van der Waals surface area (Å²) in [5.74, 6) is -3.17. The molecule has 0 heterocycles. The van der Waals surface area contributed by atoms with Crippen molar-refractivity contribution in [1.82, 2.24) is 5.32 Å². The number of nitrogens with one attached hydrogen (secondary N) is 1. The van der Waals surface area contributed by atoms with E-state index in [0.29, 0.717) is 24.9 Å². The van der Waals surface area contributed by atoms with Crippen LogP contribution in [-0.2, 0) is 4.79 Å². The second-order valence-corrected chi connectivity index (χ2v) is 8.03. The molecule has 2 unspecified atom stereocenters. The summed E-state index contributed by atoms with van der Waals surface area (Å²) < 4.78 is 42.0. The first-order valence-electron chi connectivity index (χ1n) is 10.5. The van der Waals surface area contributed by atoms with Gasteiger partial charge in [0.05, 0.1) is 0 Å². The van der Waals surface area contributed by atoms with Crippen molar-refractivity contribution < 1.29 is 18.0 Å². The number of hydrogen-bond acceptors (Lipinski definition) is 2. The zero-order valence-corrected chi connectivity index (χ0v) is 17.6. The number of alkyl halides is 1. The lowest BCUT2D eigenvalue weighted by atomic mass is 9.85. The molecule has 1 aromatic rings. The van der Waals surface area contributed by atoms with Crippen molar-refractivity contribution in [2.24, 2.45) is 5.41 Å². The van der Waals surface area contributed by atoms with Gasteiger partial charge in [-0.15, -0.1) is 0 Å². The van der Waals surface area contributed by atoms with Crippen LogP contribution in [0.3, 0.4) is 0 Å². The Balaban J connectivity index is 2.05. The number of rotatable bonds is 12. The van der Waals surface area contributed by atoms with E-state index in [1.807, 2.05) is 26.0 Å². The van der Waals surface area contributed by atoms with Crippen LogP contribution in [0.2, 0.25) is 0 Å². The van der Waals surface area contributed by atoms with Gasteiger partial charge in [0, 0.05) is 24.6 Å². The lowest BCUT2D eigenvalue weighted by Crippen LogP contribution is -2.31. The SMILES string of the molecule is C/C=C\C(=C/CC)NCC1(CC(=O)C(F)C(CCC)c2ccc(F)c(F)c2)CC1. The molecule has 29 heavy (non-hydrogen) atoms. The second-order valence-electron chi connectivity index (χ2n) is 8.03. The van der Waals surface area contributed by atoms with Gasteiger partial charge in [-0.2, -0.15) is 0 Å². The fourth-order valence-electron chi connectivity index (χ4n) is 3.71. The predicted molar refractivity (Wildman–Crippen MR) is 111 cm³/mol. The lowest BCUT2D eigenvalue weighted by Gasteiger charge is -2.23. The van der Waals surface area contributed by atoms with Gasteiger partial charge < -0.3 is 5.32 Å². The molecule has 2 atom stereocenters. The van der Waals surface area contributed by atoms with Crippen molar-refractivity contribution in [2.45, 2.75) is 71.4 Å². The Bertz CT molecular complexity index is 752. The van der Waals surface area contributed by atoms with Gasteiger partial charge in [-0.05, 0) is 61.8 Å². The van der Waals surface area contributed by atoms with Crippen molar-refractivity contribution in [3.63, 3.8) is 0 Å². The van der Waals surface area contributed by atoms with Crippen molar-refractivity contribution in [1.29, 1.82) is 0 Å². The molecule has 1 aliphatic carbocycles. The fraction of sp³-hybridized carbons (Fsp3) is 0.542. The molecule has 1 fully saturated rings. The first-order valence-corrected chi connectivity index (χ1v) is 10.5. The Kier molecular flexibility index (Phi) is 8.54. The minimum absolute atomic E-state index is 0.167. The first kappa shape index (κ1) is 23.2. The van der Waals surface area contributed by atoms with Gasteiger partial charge >= 0.3 is 0 Å². The highest BCUT2D eigenvalue weighted by Gasteiger charge is 2.46. The van der Waals surface area contributed by atoms with Crippen molar-refractivity contribution >= 4 is 5.78 Å². The standard InChI is InChI=1S/C24H32F3NO/c1-4-7-18(8-5-2)28-16-24(12-13-24)15-22(29)23(27)19(9-6-3)17-10-11-20(25)21(26)14-17/h4,7-8,10-11,14,19,23,28H,5-6,9,12-13,15-16H2,1-3H3/b7-4-,18-8+. The first-order chi connectivity index (χ1) is 13.9. The average Bonchev–Trinajstić information content (AvgIpc) is 3.46. The molecule has 0 aliphatic heterocycles. The van der Waals surface area contributed by atoms with Gasteiger partial charge in [-0.3, -0.25) is 4.79 Å². The molecule has 2 rings (SSSR count). The Hall–Kier alpha value is -2.04. The summed E-state index contributed by atoms with van der Waals surface area (Å²) in [6.07, 6.45) is 8.21. The predicted octanol–water partition coefficient (Wildman–Crippen LogP) is 6.39. The van der Waals surface area contributed by atoms with E-state index in [4.69, 9.17) is 0 Å². The molecule has 0 bridgehead atoms. The Labute approximate surface area is 172 Å². The van der Waals surface area contributed by atoms with Crippen LogP contribution in [0.5, 0.6) is 0 Å². The van der Waals surface area contributed by atoms with E-state index in [1.54, 1.807) is 0 Å². The van der Waals surface area contributed by atoms with Gasteiger partial charge in [0.25, 0.3) is 0 Å². The van der Waals surface area contributed by atoms with E-state index in [9.17, 15) is 13.6 Å². The minimum atomic E-state index is -1.71. The van der Waals surface area contributed by atoms with E-state index in [2.05, 4.69) is 18.3 Å². The summed E-state index contributed by atoms with van der Waals surface area (Å²) in [6.45, 7) is 6.52. The number of carbonyl (C=O) groups is 1. The summed E-state index contributed by atoms with van der Waals surface area (Å²) in [4.78, 5) is 12.7. The zero-order chi connectivity index (χ0) is 21.4. The Morgan fingerprint density at radius 2 is 1.97 bits per heavy atom. The molecule has 1 saturated carbocycles. The van der Waals surface area contributed by atoms with Gasteiger partial charge in [0.2, 0.25) is 0 Å². The maximum Gasteiger partial charge on any atom is 0.168 e. The normalized spacial score (nSPS) is 17.9. The molecule has 0 aromatic heterocycles. The van der Waals surface area contributed by atoms with Crippen molar-refractivity contribution in [3.05, 3.63) is 59.3 Å². The van der Waals surface area contributed by atoms with Crippen molar-refractivity contribution in [2.75, 3.05) is 6.54 Å². The van der Waals surface area contributed by atoms with E-state index < -0.39 is 29.5 Å². The number of ketones is 1. The summed E-state index contributed by atoms with van der Waals surface area (Å²) in [5.41, 5.74) is 1.15. The summed E-state index contributed by atoms with van der Waals surface area (Å²) in [6, 6.07) is 3.40. The zero-order valence-electron chi connectivity index (χ0n) is 17.6. The molecular weight excluding hydrogens is 375 g/mol. The second kappa shape index (κ2) is 10.7. The number of halogens is 3. The summed E-state index contributed by atoms with van der Waals surface area (Å²) in [7, 11) is 0. The van der Waals surface area contributed by atoms with E-state index in [-0.39, 0.29) is 11.8 Å². The minimum Gasteiger partial charge on any atom is -0.385 e. The van der Waals surface area contributed by atoms with E-state index >= 15 is 4.39 Å². The highest BCUT2D eigenvalue weighted by Crippen LogP contribution is 2.49. The maximum absolute atomic E-state index is 15.2. The molecule has 0 amide bonds. The van der Waals surface area contributed by atoms with Gasteiger partial charge in [0.15, 0.2) is 23.6 Å². The van der Waals surface area contributed by atoms with Crippen LogP contribution in [0.1, 0.15) is 70.8 Å². The van der Waals surface area contributed by atoms with Crippen LogP contribution >= 0.6 is 0 Å². The number of carbonyl (C=O) groups excluding carboxylic acids is 1. The van der Waals surface area contributed by atoms with Gasteiger partial charge in [-0.1, -0.05) is 38.5 Å². The third-order valence-corrected chi connectivity index (χ3v) is 5.58. The molecule has 2 nitrogen and oxygen atoms in total. The van der Waals surface area contributed by atoms with Crippen LogP contribution in [0.15, 0.2) is 42.1 Å². The number of allylic oxidation sites excluding steroid dienone is 3. The van der Waals surface area contributed by atoms with Crippen LogP contribution in [-0.4, -0.2) is 18.5 Å².